The summed E-state index contributed by atoms with van der Waals surface area (Å²) in [6.45, 7) is 2.41. The van der Waals surface area contributed by atoms with E-state index in [-0.39, 0.29) is 5.92 Å². The average molecular weight is 311 g/mol. The van der Waals surface area contributed by atoms with Gasteiger partial charge in [-0.2, -0.15) is 10.2 Å². The Kier molecular flexibility index (Phi) is 2.87. The maximum absolute atomic E-state index is 13.0. The SMILES string of the molecule is O=C(C1CCn2nccc2C1)N1CCc2[nH]nc(C3CC3)c2C1. The van der Waals surface area contributed by atoms with Crippen LogP contribution in [-0.2, 0) is 30.7 Å². The summed E-state index contributed by atoms with van der Waals surface area (Å²) in [6.07, 6.45) is 6.96. The van der Waals surface area contributed by atoms with Gasteiger partial charge in [0.15, 0.2) is 0 Å². The molecule has 0 spiro atoms. The second kappa shape index (κ2) is 4.94. The van der Waals surface area contributed by atoms with Crippen LogP contribution >= 0.6 is 0 Å². The molecule has 1 atom stereocenters. The zero-order valence-electron chi connectivity index (χ0n) is 13.2. The van der Waals surface area contributed by atoms with Gasteiger partial charge in [0.05, 0.1) is 5.69 Å². The van der Waals surface area contributed by atoms with E-state index in [9.17, 15) is 4.79 Å². The first-order valence-corrected chi connectivity index (χ1v) is 8.65. The Hall–Kier alpha value is -2.11. The van der Waals surface area contributed by atoms with Gasteiger partial charge in [-0.05, 0) is 25.3 Å². The second-order valence-corrected chi connectivity index (χ2v) is 7.09. The molecule has 3 aliphatic rings. The van der Waals surface area contributed by atoms with Crippen molar-refractivity contribution in [3.63, 3.8) is 0 Å². The highest BCUT2D eigenvalue weighted by molar-refractivity contribution is 5.79. The number of aromatic nitrogens is 4. The summed E-state index contributed by atoms with van der Waals surface area (Å²) in [5.74, 6) is 1.05. The molecule has 0 bridgehead atoms. The number of H-pyrrole nitrogens is 1. The number of carbonyl (C=O) groups excluding carboxylic acids is 1. The van der Waals surface area contributed by atoms with Gasteiger partial charge < -0.3 is 4.90 Å². The summed E-state index contributed by atoms with van der Waals surface area (Å²) in [4.78, 5) is 15.0. The first-order valence-electron chi connectivity index (χ1n) is 8.65. The van der Waals surface area contributed by atoms with E-state index in [4.69, 9.17) is 0 Å². The van der Waals surface area contributed by atoms with Gasteiger partial charge in [0, 0.05) is 67.5 Å². The number of rotatable bonds is 2. The molecule has 2 aromatic heterocycles. The van der Waals surface area contributed by atoms with E-state index in [1.54, 1.807) is 0 Å². The van der Waals surface area contributed by atoms with Gasteiger partial charge in [0.25, 0.3) is 0 Å². The average Bonchev–Trinajstić information content (AvgIpc) is 3.17. The van der Waals surface area contributed by atoms with Crippen LogP contribution in [0.25, 0.3) is 0 Å². The Bertz CT molecular complexity index is 757. The van der Waals surface area contributed by atoms with Crippen LogP contribution in [0.15, 0.2) is 12.3 Å². The highest BCUT2D eigenvalue weighted by Gasteiger charge is 2.35. The number of aromatic amines is 1. The molecule has 2 aromatic rings. The predicted molar refractivity (Wildman–Crippen MR) is 83.7 cm³/mol. The normalized spacial score (nSPS) is 23.5. The zero-order valence-corrected chi connectivity index (χ0v) is 13.2. The fourth-order valence-corrected chi connectivity index (χ4v) is 4.04. The third-order valence-corrected chi connectivity index (χ3v) is 5.54. The third-order valence-electron chi connectivity index (χ3n) is 5.54. The lowest BCUT2D eigenvalue weighted by molar-refractivity contribution is -0.137. The summed E-state index contributed by atoms with van der Waals surface area (Å²) in [5.41, 5.74) is 4.96. The van der Waals surface area contributed by atoms with E-state index in [1.807, 2.05) is 16.9 Å². The van der Waals surface area contributed by atoms with Crippen LogP contribution in [0.2, 0.25) is 0 Å². The van der Waals surface area contributed by atoms with Crippen LogP contribution in [0, 0.1) is 5.92 Å². The Morgan fingerprint density at radius 2 is 2.17 bits per heavy atom. The van der Waals surface area contributed by atoms with Crippen molar-refractivity contribution in [2.45, 2.75) is 51.1 Å². The fraction of sp³-hybridized carbons (Fsp3) is 0.588. The predicted octanol–water partition coefficient (Wildman–Crippen LogP) is 1.63. The maximum atomic E-state index is 13.0. The van der Waals surface area contributed by atoms with E-state index >= 15 is 0 Å². The minimum Gasteiger partial charge on any atom is -0.338 e. The van der Waals surface area contributed by atoms with E-state index in [1.165, 1.54) is 35.5 Å². The first kappa shape index (κ1) is 13.3. The lowest BCUT2D eigenvalue weighted by Crippen LogP contribution is -2.42. The van der Waals surface area contributed by atoms with Gasteiger partial charge in [-0.15, -0.1) is 0 Å². The van der Waals surface area contributed by atoms with E-state index in [0.717, 1.165) is 38.9 Å². The molecule has 2 aliphatic heterocycles. The first-order chi connectivity index (χ1) is 11.3. The van der Waals surface area contributed by atoms with Crippen molar-refractivity contribution in [3.8, 4) is 0 Å². The molecule has 1 amide bonds. The maximum Gasteiger partial charge on any atom is 0.226 e. The molecule has 4 heterocycles. The van der Waals surface area contributed by atoms with Crippen LogP contribution in [0.4, 0.5) is 0 Å². The van der Waals surface area contributed by atoms with Crippen LogP contribution in [0.1, 0.15) is 47.8 Å². The van der Waals surface area contributed by atoms with Gasteiger partial charge >= 0.3 is 0 Å². The topological polar surface area (TPSA) is 66.8 Å². The summed E-state index contributed by atoms with van der Waals surface area (Å²) < 4.78 is 2.03. The zero-order chi connectivity index (χ0) is 15.4. The number of hydrogen-bond acceptors (Lipinski definition) is 3. The molecule has 0 saturated heterocycles. The molecule has 1 unspecified atom stereocenters. The second-order valence-electron chi connectivity index (χ2n) is 7.09. The summed E-state index contributed by atoms with van der Waals surface area (Å²) in [5, 5.41) is 12.0. The van der Waals surface area contributed by atoms with E-state index < -0.39 is 0 Å². The summed E-state index contributed by atoms with van der Waals surface area (Å²) in [7, 11) is 0. The summed E-state index contributed by atoms with van der Waals surface area (Å²) >= 11 is 0. The largest absolute Gasteiger partial charge is 0.338 e. The quantitative estimate of drug-likeness (QED) is 0.916. The smallest absolute Gasteiger partial charge is 0.226 e. The van der Waals surface area contributed by atoms with Crippen LogP contribution in [0.3, 0.4) is 0 Å². The number of carbonyl (C=O) groups is 1. The summed E-state index contributed by atoms with van der Waals surface area (Å²) in [6, 6.07) is 2.04. The number of nitrogens with zero attached hydrogens (tertiary/aromatic N) is 4. The Balaban J connectivity index is 1.34. The van der Waals surface area contributed by atoms with Crippen LogP contribution in [0.5, 0.6) is 0 Å². The molecule has 0 aromatic carbocycles. The standard InChI is InChI=1S/C17H21N5O/c23-17(12-4-8-22-13(9-12)3-6-18-22)21-7-5-15-14(10-21)16(20-19-15)11-1-2-11/h3,6,11-12H,1-2,4-5,7-10H2,(H,19,20). The van der Waals surface area contributed by atoms with Gasteiger partial charge in [-0.3, -0.25) is 14.6 Å². The molecule has 6 nitrogen and oxygen atoms in total. The highest BCUT2D eigenvalue weighted by Crippen LogP contribution is 2.42. The Morgan fingerprint density at radius 1 is 1.26 bits per heavy atom. The van der Waals surface area contributed by atoms with E-state index in [0.29, 0.717) is 11.8 Å². The lowest BCUT2D eigenvalue weighted by atomic mass is 9.93. The van der Waals surface area contributed by atoms with Gasteiger partial charge in [0.2, 0.25) is 5.91 Å². The minimum atomic E-state index is 0.108. The van der Waals surface area contributed by atoms with Crippen LogP contribution < -0.4 is 0 Å². The number of fused-ring (bicyclic) bond motifs is 2. The van der Waals surface area contributed by atoms with E-state index in [2.05, 4.69) is 20.2 Å². The Labute approximate surface area is 134 Å². The molecule has 120 valence electrons. The van der Waals surface area contributed by atoms with Crippen molar-refractivity contribution in [2.24, 2.45) is 5.92 Å². The van der Waals surface area contributed by atoms with Crippen molar-refractivity contribution in [3.05, 3.63) is 34.9 Å². The Morgan fingerprint density at radius 3 is 3.04 bits per heavy atom. The van der Waals surface area contributed by atoms with Crippen molar-refractivity contribution in [1.82, 2.24) is 24.9 Å². The molecule has 1 aliphatic carbocycles. The van der Waals surface area contributed by atoms with Crippen molar-refractivity contribution in [2.75, 3.05) is 6.54 Å². The molecule has 1 fully saturated rings. The molecule has 5 rings (SSSR count). The van der Waals surface area contributed by atoms with Gasteiger partial charge in [0.1, 0.15) is 0 Å². The third kappa shape index (κ3) is 2.19. The minimum absolute atomic E-state index is 0.108. The molecule has 1 saturated carbocycles. The van der Waals surface area contributed by atoms with Crippen LogP contribution in [-0.4, -0.2) is 37.3 Å². The number of aryl methyl sites for hydroxylation is 1. The van der Waals surface area contributed by atoms with Crippen molar-refractivity contribution in [1.29, 1.82) is 0 Å². The molecule has 0 radical (unpaired) electrons. The molecular formula is C17H21N5O. The lowest BCUT2D eigenvalue weighted by Gasteiger charge is -2.32. The number of nitrogens with one attached hydrogen (secondary N) is 1. The van der Waals surface area contributed by atoms with Crippen molar-refractivity contribution >= 4 is 5.91 Å². The van der Waals surface area contributed by atoms with Gasteiger partial charge in [-0.25, -0.2) is 0 Å². The van der Waals surface area contributed by atoms with Crippen molar-refractivity contribution < 1.29 is 4.79 Å². The fourth-order valence-electron chi connectivity index (χ4n) is 4.04. The van der Waals surface area contributed by atoms with Gasteiger partial charge in [-0.1, -0.05) is 0 Å². The monoisotopic (exact) mass is 311 g/mol. The molecule has 23 heavy (non-hydrogen) atoms. The number of hydrogen-bond donors (Lipinski definition) is 1. The highest BCUT2D eigenvalue weighted by atomic mass is 16.2. The molecule has 6 heteroatoms. The molecular weight excluding hydrogens is 290 g/mol. The molecule has 1 N–H and O–H groups in total. The number of amides is 1.